The van der Waals surface area contributed by atoms with Gasteiger partial charge in [0.15, 0.2) is 0 Å². The first-order chi connectivity index (χ1) is 8.72. The molecular weight excluding hydrogens is 264 g/mol. The fourth-order valence-corrected chi connectivity index (χ4v) is 4.09. The molecule has 2 nitrogen and oxygen atoms in total. The maximum Gasteiger partial charge on any atom is 0.335 e. The molecule has 0 heterocycles. The van der Waals surface area contributed by atoms with E-state index in [1.165, 1.54) is 39.2 Å². The van der Waals surface area contributed by atoms with Crippen molar-refractivity contribution >= 4 is 29.5 Å². The van der Waals surface area contributed by atoms with Crippen LogP contribution in [-0.4, -0.2) is 25.6 Å². The Kier molecular flexibility index (Phi) is 7.91. The zero-order chi connectivity index (χ0) is 13.4. The average molecular weight is 288 g/mol. The van der Waals surface area contributed by atoms with E-state index in [9.17, 15) is 4.79 Å². The summed E-state index contributed by atoms with van der Waals surface area (Å²) >= 11 is 3.30. The second-order valence-corrected chi connectivity index (χ2v) is 6.60. The monoisotopic (exact) mass is 288 g/mol. The molecule has 0 aromatic rings. The summed E-state index contributed by atoms with van der Waals surface area (Å²) in [6.07, 6.45) is 12.8. The molecule has 0 N–H and O–H groups in total. The summed E-state index contributed by atoms with van der Waals surface area (Å²) in [4.78, 5) is 11.8. The van der Waals surface area contributed by atoms with Crippen LogP contribution in [0.5, 0.6) is 0 Å². The number of carbonyl (C=O) groups is 1. The summed E-state index contributed by atoms with van der Waals surface area (Å²) in [5, 5.41) is 0. The van der Waals surface area contributed by atoms with Crippen molar-refractivity contribution in [2.45, 2.75) is 44.9 Å². The van der Waals surface area contributed by atoms with Crippen molar-refractivity contribution < 1.29 is 9.53 Å². The number of hydrogen-bond acceptors (Lipinski definition) is 4. The zero-order valence-corrected chi connectivity index (χ0v) is 13.3. The second-order valence-electron chi connectivity index (χ2n) is 4.71. The van der Waals surface area contributed by atoms with E-state index in [0.29, 0.717) is 0 Å². The maximum atomic E-state index is 11.8. The van der Waals surface area contributed by atoms with Crippen molar-refractivity contribution in [2.24, 2.45) is 5.92 Å². The summed E-state index contributed by atoms with van der Waals surface area (Å²) < 4.78 is 6.02. The van der Waals surface area contributed by atoms with Crippen LogP contribution in [0, 0.1) is 5.92 Å². The minimum atomic E-state index is -0.149. The predicted molar refractivity (Wildman–Crippen MR) is 81.9 cm³/mol. The summed E-state index contributed by atoms with van der Waals surface area (Å²) in [5.41, 5.74) is 0.878. The van der Waals surface area contributed by atoms with Gasteiger partial charge in [-0.1, -0.05) is 32.1 Å². The van der Waals surface area contributed by atoms with Crippen LogP contribution in [-0.2, 0) is 9.53 Å². The van der Waals surface area contributed by atoms with Crippen LogP contribution in [0.1, 0.15) is 44.9 Å². The van der Waals surface area contributed by atoms with Gasteiger partial charge in [0.1, 0.15) is 0 Å². The quantitative estimate of drug-likeness (QED) is 0.532. The average Bonchev–Trinajstić information content (AvgIpc) is 2.43. The Morgan fingerprint density at radius 2 is 1.78 bits per heavy atom. The van der Waals surface area contributed by atoms with Gasteiger partial charge in [-0.2, -0.15) is 0 Å². The largest absolute Gasteiger partial charge is 0.466 e. The standard InChI is InChI=1S/C14H24O2S2/c1-16-13(15)12(14(17-2)18-3)10-9-11-7-5-4-6-8-11/h11H,4-10H2,1-3H3. The Labute approximate surface area is 119 Å². The van der Waals surface area contributed by atoms with E-state index >= 15 is 0 Å². The Balaban J connectivity index is 2.61. The Morgan fingerprint density at radius 3 is 2.28 bits per heavy atom. The van der Waals surface area contributed by atoms with Crippen LogP contribution in [0.4, 0.5) is 0 Å². The lowest BCUT2D eigenvalue weighted by Gasteiger charge is -2.22. The predicted octanol–water partition coefficient (Wildman–Crippen LogP) is 4.46. The van der Waals surface area contributed by atoms with E-state index < -0.39 is 0 Å². The first kappa shape index (κ1) is 16.0. The second kappa shape index (κ2) is 8.92. The van der Waals surface area contributed by atoms with Gasteiger partial charge in [-0.15, -0.1) is 23.5 Å². The third kappa shape index (κ3) is 4.88. The summed E-state index contributed by atoms with van der Waals surface area (Å²) in [6, 6.07) is 0. The Bertz CT molecular complexity index is 288. The summed E-state index contributed by atoms with van der Waals surface area (Å²) in [7, 11) is 1.47. The molecule has 0 aromatic heterocycles. The number of carbonyl (C=O) groups excluding carboxylic acids is 1. The molecule has 0 atom stereocenters. The van der Waals surface area contributed by atoms with Crippen LogP contribution >= 0.6 is 23.5 Å². The molecule has 18 heavy (non-hydrogen) atoms. The molecule has 0 saturated heterocycles. The van der Waals surface area contributed by atoms with Crippen molar-refractivity contribution in [2.75, 3.05) is 19.6 Å². The third-order valence-corrected chi connectivity index (χ3v) is 5.81. The lowest BCUT2D eigenvalue weighted by molar-refractivity contribution is -0.136. The number of rotatable bonds is 6. The van der Waals surface area contributed by atoms with Gasteiger partial charge in [-0.3, -0.25) is 0 Å². The van der Waals surface area contributed by atoms with Gasteiger partial charge in [0.2, 0.25) is 0 Å². The summed E-state index contributed by atoms with van der Waals surface area (Å²) in [5.74, 6) is 0.660. The number of methoxy groups -OCH3 is 1. The molecular formula is C14H24O2S2. The SMILES string of the molecule is COC(=O)C(CCC1CCCCC1)=C(SC)SC. The van der Waals surface area contributed by atoms with Crippen molar-refractivity contribution in [3.05, 3.63) is 9.81 Å². The fourth-order valence-electron chi connectivity index (χ4n) is 2.56. The minimum Gasteiger partial charge on any atom is -0.466 e. The van der Waals surface area contributed by atoms with Crippen molar-refractivity contribution in [1.29, 1.82) is 0 Å². The van der Waals surface area contributed by atoms with Crippen molar-refractivity contribution in [3.63, 3.8) is 0 Å². The topological polar surface area (TPSA) is 26.3 Å². The Hall–Kier alpha value is -0.0900. The van der Waals surface area contributed by atoms with Gasteiger partial charge >= 0.3 is 5.97 Å². The highest BCUT2D eigenvalue weighted by molar-refractivity contribution is 8.21. The lowest BCUT2D eigenvalue weighted by Crippen LogP contribution is -2.11. The maximum absolute atomic E-state index is 11.8. The normalized spacial score (nSPS) is 16.4. The number of thioether (sulfide) groups is 2. The van der Waals surface area contributed by atoms with E-state index in [0.717, 1.165) is 28.6 Å². The molecule has 0 amide bonds. The summed E-state index contributed by atoms with van der Waals surface area (Å²) in [6.45, 7) is 0. The van der Waals surface area contributed by atoms with E-state index in [2.05, 4.69) is 0 Å². The number of ether oxygens (including phenoxy) is 1. The molecule has 104 valence electrons. The molecule has 0 spiro atoms. The highest BCUT2D eigenvalue weighted by Gasteiger charge is 2.19. The van der Waals surface area contributed by atoms with Crippen molar-refractivity contribution in [1.82, 2.24) is 0 Å². The van der Waals surface area contributed by atoms with Gasteiger partial charge < -0.3 is 4.74 Å². The van der Waals surface area contributed by atoms with Crippen LogP contribution in [0.2, 0.25) is 0 Å². The van der Waals surface area contributed by atoms with Crippen molar-refractivity contribution in [3.8, 4) is 0 Å². The molecule has 1 aliphatic carbocycles. The van der Waals surface area contributed by atoms with E-state index in [-0.39, 0.29) is 5.97 Å². The molecule has 1 aliphatic rings. The van der Waals surface area contributed by atoms with E-state index in [4.69, 9.17) is 4.74 Å². The lowest BCUT2D eigenvalue weighted by atomic mass is 9.85. The number of hydrogen-bond donors (Lipinski definition) is 0. The molecule has 0 aromatic carbocycles. The van der Waals surface area contributed by atoms with Gasteiger partial charge in [0.25, 0.3) is 0 Å². The smallest absolute Gasteiger partial charge is 0.335 e. The molecule has 0 aliphatic heterocycles. The van der Waals surface area contributed by atoms with Gasteiger partial charge in [0.05, 0.1) is 16.9 Å². The van der Waals surface area contributed by atoms with E-state index in [1.807, 2.05) is 12.5 Å². The fraction of sp³-hybridized carbons (Fsp3) is 0.786. The molecule has 1 saturated carbocycles. The van der Waals surface area contributed by atoms with Gasteiger partial charge in [-0.05, 0) is 31.3 Å². The van der Waals surface area contributed by atoms with Crippen LogP contribution in [0.3, 0.4) is 0 Å². The van der Waals surface area contributed by atoms with Crippen LogP contribution in [0.15, 0.2) is 9.81 Å². The van der Waals surface area contributed by atoms with E-state index in [1.54, 1.807) is 23.5 Å². The molecule has 0 bridgehead atoms. The van der Waals surface area contributed by atoms with Crippen LogP contribution in [0.25, 0.3) is 0 Å². The molecule has 0 radical (unpaired) electrons. The Morgan fingerprint density at radius 1 is 1.17 bits per heavy atom. The minimum absolute atomic E-state index is 0.149. The molecule has 1 rings (SSSR count). The highest BCUT2D eigenvalue weighted by Crippen LogP contribution is 2.34. The van der Waals surface area contributed by atoms with Gasteiger partial charge in [-0.25, -0.2) is 4.79 Å². The highest BCUT2D eigenvalue weighted by atomic mass is 32.2. The third-order valence-electron chi connectivity index (χ3n) is 3.58. The first-order valence-corrected chi connectivity index (χ1v) is 9.07. The van der Waals surface area contributed by atoms with Gasteiger partial charge in [0, 0.05) is 0 Å². The number of esters is 1. The van der Waals surface area contributed by atoms with Crippen LogP contribution < -0.4 is 0 Å². The first-order valence-electron chi connectivity index (χ1n) is 6.62. The zero-order valence-electron chi connectivity index (χ0n) is 11.7. The molecule has 1 fully saturated rings. The molecule has 0 unspecified atom stereocenters. The molecule has 4 heteroatoms.